The number of para-hydroxylation sites is 1. The van der Waals surface area contributed by atoms with Crippen molar-refractivity contribution in [2.75, 3.05) is 6.61 Å². The van der Waals surface area contributed by atoms with Crippen molar-refractivity contribution in [2.45, 2.75) is 13.5 Å². The number of ether oxygens (including phenoxy) is 2. The van der Waals surface area contributed by atoms with Crippen molar-refractivity contribution in [3.63, 3.8) is 0 Å². The van der Waals surface area contributed by atoms with Gasteiger partial charge in [-0.3, -0.25) is 0 Å². The molecular formula is C20H17N5O4. The minimum atomic E-state index is -0.540. The molecule has 2 aromatic heterocycles. The maximum absolute atomic E-state index is 12.0. The Kier molecular flexibility index (Phi) is 5.28. The molecule has 0 spiro atoms. The third-order valence-corrected chi connectivity index (χ3v) is 3.98. The van der Waals surface area contributed by atoms with Crippen LogP contribution >= 0.6 is 0 Å². The molecule has 9 heteroatoms. The number of hydrogen-bond donors (Lipinski definition) is 1. The number of hydrogen-bond acceptors (Lipinski definition) is 8. The number of benzene rings is 2. The van der Waals surface area contributed by atoms with Gasteiger partial charge in [-0.1, -0.05) is 41.6 Å². The van der Waals surface area contributed by atoms with Crippen LogP contribution in [0.4, 0.5) is 0 Å². The summed E-state index contributed by atoms with van der Waals surface area (Å²) in [6.45, 7) is 2.14. The molecule has 0 aliphatic carbocycles. The fourth-order valence-corrected chi connectivity index (χ4v) is 2.67. The van der Waals surface area contributed by atoms with Crippen molar-refractivity contribution in [2.24, 2.45) is 0 Å². The molecule has 0 atom stereocenters. The molecule has 0 bridgehead atoms. The molecule has 4 aromatic rings. The van der Waals surface area contributed by atoms with E-state index in [4.69, 9.17) is 14.0 Å². The quantitative estimate of drug-likeness (QED) is 0.477. The van der Waals surface area contributed by atoms with E-state index in [1.54, 1.807) is 13.0 Å². The van der Waals surface area contributed by atoms with Gasteiger partial charge in [-0.15, -0.1) is 5.10 Å². The number of esters is 1. The zero-order valence-electron chi connectivity index (χ0n) is 15.5. The molecule has 0 amide bonds. The SMILES string of the molecule is CCOC(=O)c1n[nH]nc1-c1cccc(-c2noc(COc3ccccc3)n2)c1. The molecule has 0 aliphatic rings. The van der Waals surface area contributed by atoms with E-state index in [2.05, 4.69) is 25.6 Å². The number of carbonyl (C=O) groups excluding carboxylic acids is 1. The predicted octanol–water partition coefficient (Wildman–Crippen LogP) is 3.28. The molecule has 146 valence electrons. The summed E-state index contributed by atoms with van der Waals surface area (Å²) in [4.78, 5) is 16.4. The van der Waals surface area contributed by atoms with E-state index in [9.17, 15) is 4.79 Å². The van der Waals surface area contributed by atoms with E-state index in [1.165, 1.54) is 0 Å². The first kappa shape index (κ1) is 18.4. The van der Waals surface area contributed by atoms with Crippen molar-refractivity contribution in [1.82, 2.24) is 25.6 Å². The van der Waals surface area contributed by atoms with Crippen LogP contribution < -0.4 is 4.74 Å². The number of carbonyl (C=O) groups is 1. The van der Waals surface area contributed by atoms with Gasteiger partial charge in [-0.25, -0.2) is 4.79 Å². The summed E-state index contributed by atoms with van der Waals surface area (Å²) < 4.78 is 15.9. The summed E-state index contributed by atoms with van der Waals surface area (Å²) in [6, 6.07) is 16.6. The van der Waals surface area contributed by atoms with E-state index in [0.29, 0.717) is 34.3 Å². The molecular weight excluding hydrogens is 374 g/mol. The zero-order valence-corrected chi connectivity index (χ0v) is 15.5. The molecule has 0 radical (unpaired) electrons. The molecule has 2 aromatic carbocycles. The van der Waals surface area contributed by atoms with Crippen LogP contribution in [-0.4, -0.2) is 38.1 Å². The maximum atomic E-state index is 12.0. The van der Waals surface area contributed by atoms with Gasteiger partial charge in [0.15, 0.2) is 12.3 Å². The Bertz CT molecular complexity index is 1110. The summed E-state index contributed by atoms with van der Waals surface area (Å²) in [5, 5.41) is 14.4. The van der Waals surface area contributed by atoms with Crippen LogP contribution in [0.25, 0.3) is 22.6 Å². The summed E-state index contributed by atoms with van der Waals surface area (Å²) in [6.07, 6.45) is 0. The highest BCUT2D eigenvalue weighted by atomic mass is 16.5. The van der Waals surface area contributed by atoms with Crippen LogP contribution in [0.15, 0.2) is 59.1 Å². The topological polar surface area (TPSA) is 116 Å². The average Bonchev–Trinajstić information content (AvgIpc) is 3.43. The van der Waals surface area contributed by atoms with Crippen LogP contribution in [0.1, 0.15) is 23.3 Å². The van der Waals surface area contributed by atoms with Crippen molar-refractivity contribution < 1.29 is 18.8 Å². The zero-order chi connectivity index (χ0) is 20.1. The third-order valence-electron chi connectivity index (χ3n) is 3.98. The van der Waals surface area contributed by atoms with Crippen molar-refractivity contribution >= 4 is 5.97 Å². The predicted molar refractivity (Wildman–Crippen MR) is 102 cm³/mol. The smallest absolute Gasteiger partial charge is 0.361 e. The van der Waals surface area contributed by atoms with Crippen LogP contribution in [-0.2, 0) is 11.3 Å². The Hall–Kier alpha value is -4.01. The van der Waals surface area contributed by atoms with Gasteiger partial charge in [0, 0.05) is 11.1 Å². The van der Waals surface area contributed by atoms with Crippen molar-refractivity contribution in [3.05, 3.63) is 66.2 Å². The van der Waals surface area contributed by atoms with Crippen LogP contribution in [0, 0.1) is 0 Å². The van der Waals surface area contributed by atoms with Gasteiger partial charge in [-0.2, -0.15) is 15.3 Å². The molecule has 0 saturated heterocycles. The van der Waals surface area contributed by atoms with Crippen LogP contribution in [0.5, 0.6) is 5.75 Å². The minimum Gasteiger partial charge on any atom is -0.484 e. The second-order valence-electron chi connectivity index (χ2n) is 5.94. The minimum absolute atomic E-state index is 0.120. The average molecular weight is 391 g/mol. The van der Waals surface area contributed by atoms with Crippen LogP contribution in [0.2, 0.25) is 0 Å². The van der Waals surface area contributed by atoms with E-state index in [0.717, 1.165) is 0 Å². The fraction of sp³-hybridized carbons (Fsp3) is 0.150. The molecule has 0 fully saturated rings. The largest absolute Gasteiger partial charge is 0.484 e. The van der Waals surface area contributed by atoms with E-state index in [-0.39, 0.29) is 18.9 Å². The van der Waals surface area contributed by atoms with Crippen LogP contribution in [0.3, 0.4) is 0 Å². The van der Waals surface area contributed by atoms with E-state index >= 15 is 0 Å². The summed E-state index contributed by atoms with van der Waals surface area (Å²) >= 11 is 0. The van der Waals surface area contributed by atoms with Gasteiger partial charge in [0.25, 0.3) is 5.89 Å². The molecule has 9 nitrogen and oxygen atoms in total. The summed E-state index contributed by atoms with van der Waals surface area (Å²) in [7, 11) is 0. The van der Waals surface area contributed by atoms with Gasteiger partial charge in [0.1, 0.15) is 11.4 Å². The number of nitrogens with one attached hydrogen (secondary N) is 1. The Labute approximate surface area is 165 Å². The maximum Gasteiger partial charge on any atom is 0.361 e. The lowest BCUT2D eigenvalue weighted by Crippen LogP contribution is -2.06. The molecule has 29 heavy (non-hydrogen) atoms. The number of aromatic nitrogens is 5. The Balaban J connectivity index is 1.53. The first-order valence-electron chi connectivity index (χ1n) is 8.93. The Morgan fingerprint density at radius 3 is 2.72 bits per heavy atom. The highest BCUT2D eigenvalue weighted by molar-refractivity contribution is 5.94. The normalized spacial score (nSPS) is 10.7. The van der Waals surface area contributed by atoms with Gasteiger partial charge in [0.05, 0.1) is 6.61 Å². The van der Waals surface area contributed by atoms with Crippen molar-refractivity contribution in [1.29, 1.82) is 0 Å². The molecule has 0 unspecified atom stereocenters. The van der Waals surface area contributed by atoms with E-state index < -0.39 is 5.97 Å². The molecule has 0 saturated carbocycles. The first-order valence-corrected chi connectivity index (χ1v) is 8.93. The number of nitrogens with zero attached hydrogens (tertiary/aromatic N) is 4. The molecule has 0 aliphatic heterocycles. The number of aromatic amines is 1. The molecule has 1 N–H and O–H groups in total. The lowest BCUT2D eigenvalue weighted by Gasteiger charge is -2.02. The Morgan fingerprint density at radius 2 is 1.90 bits per heavy atom. The highest BCUT2D eigenvalue weighted by Gasteiger charge is 2.20. The summed E-state index contributed by atoms with van der Waals surface area (Å²) in [5.41, 5.74) is 1.89. The summed E-state index contributed by atoms with van der Waals surface area (Å²) in [5.74, 6) is 0.927. The molecule has 4 rings (SSSR count). The number of H-pyrrole nitrogens is 1. The highest BCUT2D eigenvalue weighted by Crippen LogP contribution is 2.25. The standard InChI is InChI=1S/C20H17N5O4/c1-2-27-20(26)18-17(22-25-23-18)13-7-6-8-14(11-13)19-21-16(29-24-19)12-28-15-9-4-3-5-10-15/h3-11H,2,12H2,1H3,(H,22,23,25). The van der Waals surface area contributed by atoms with Gasteiger partial charge < -0.3 is 14.0 Å². The van der Waals surface area contributed by atoms with Crippen molar-refractivity contribution in [3.8, 4) is 28.4 Å². The molecule has 2 heterocycles. The second kappa shape index (κ2) is 8.34. The number of rotatable bonds is 7. The Morgan fingerprint density at radius 1 is 1.07 bits per heavy atom. The van der Waals surface area contributed by atoms with E-state index in [1.807, 2.05) is 48.5 Å². The monoisotopic (exact) mass is 391 g/mol. The lowest BCUT2D eigenvalue weighted by atomic mass is 10.1. The fourth-order valence-electron chi connectivity index (χ4n) is 2.67. The van der Waals surface area contributed by atoms with Gasteiger partial charge in [0.2, 0.25) is 5.82 Å². The van der Waals surface area contributed by atoms with Gasteiger partial charge >= 0.3 is 5.97 Å². The lowest BCUT2D eigenvalue weighted by molar-refractivity contribution is 0.0520. The first-order chi connectivity index (χ1) is 14.2. The third kappa shape index (κ3) is 4.13. The second-order valence-corrected chi connectivity index (χ2v) is 5.94. The van der Waals surface area contributed by atoms with Gasteiger partial charge in [-0.05, 0) is 25.1 Å².